The Labute approximate surface area is 255 Å². The minimum Gasteiger partial charge on any atom is -0.361 e. The van der Waals surface area contributed by atoms with Gasteiger partial charge in [0.2, 0.25) is 11.6 Å². The second-order valence-electron chi connectivity index (χ2n) is 8.41. The largest absolute Gasteiger partial charge is 0.361 e. The molecule has 0 saturated carbocycles. The number of hydrogen-bond acceptors (Lipinski definition) is 9. The van der Waals surface area contributed by atoms with E-state index < -0.39 is 26.0 Å². The summed E-state index contributed by atoms with van der Waals surface area (Å²) >= 11 is 5.11. The van der Waals surface area contributed by atoms with Crippen LogP contribution in [0.25, 0.3) is 10.9 Å². The standard InChI is InChI=1S/C16H10N2O5S2.C8H7NO3S.2Al.6H/c19-15-9-5-7(24)1-3-11(9)17-13(15)14-16(20)10-6-8(25(21,22)23)2-4-12(10)18-14;10-13(11,12)7-1-2-8-6(5-7)3-4-9-8;;;;;;;;/h1-4,6,17-18H,5H2,(H,21,22,23);1-5,9H,(H,10,11,12);;;;;;;;/b14-13+;;;;;;;;;. The third-order valence-electron chi connectivity index (χ3n) is 5.97. The number of Topliss-reactive ketones (excluding diaryl/α,β-unsaturated/α-hetero) is 2. The van der Waals surface area contributed by atoms with Gasteiger partial charge in [-0.2, -0.15) is 16.8 Å². The molecule has 0 fully saturated rings. The van der Waals surface area contributed by atoms with E-state index in [0.717, 1.165) is 17.0 Å². The zero-order chi connectivity index (χ0) is 27.4. The fourth-order valence-electron chi connectivity index (χ4n) is 4.12. The van der Waals surface area contributed by atoms with Crippen molar-refractivity contribution in [1.29, 1.82) is 0 Å². The van der Waals surface area contributed by atoms with Crippen molar-refractivity contribution in [2.45, 2.75) is 16.2 Å². The van der Waals surface area contributed by atoms with E-state index in [1.807, 2.05) is 0 Å². The van der Waals surface area contributed by atoms with E-state index in [1.165, 1.54) is 24.3 Å². The van der Waals surface area contributed by atoms with Crippen LogP contribution in [0.1, 0.15) is 16.8 Å². The Bertz CT molecular complexity index is 1910. The minimum atomic E-state index is -4.43. The Morgan fingerprint density at radius 1 is 0.775 bits per heavy atom. The van der Waals surface area contributed by atoms with Crippen molar-refractivity contribution in [3.8, 4) is 0 Å². The zero-order valence-corrected chi connectivity index (χ0v) is 21.5. The Hall–Kier alpha value is -2.89. The Kier molecular flexibility index (Phi) is 9.13. The fourth-order valence-corrected chi connectivity index (χ4v) is 5.35. The highest BCUT2D eigenvalue weighted by Gasteiger charge is 2.37. The average Bonchev–Trinajstić information content (AvgIpc) is 3.54. The maximum Gasteiger partial charge on any atom is 0.294 e. The average molecular weight is 632 g/mol. The number of fused-ring (bicyclic) bond motifs is 2. The summed E-state index contributed by atoms with van der Waals surface area (Å²) in [6.07, 6.45) is 5.45. The molecule has 0 saturated heterocycles. The van der Waals surface area contributed by atoms with Gasteiger partial charge in [-0.15, -0.1) is 0 Å². The molecular weight excluding hydrogens is 608 g/mol. The number of allylic oxidation sites excluding steroid dienone is 4. The molecule has 0 bridgehead atoms. The topological polar surface area (TPSA) is 183 Å². The summed E-state index contributed by atoms with van der Waals surface area (Å²) in [6, 6.07) is 9.75. The highest BCUT2D eigenvalue weighted by molar-refractivity contribution is 7.86. The predicted molar refractivity (Wildman–Crippen MR) is 161 cm³/mol. The lowest BCUT2D eigenvalue weighted by Crippen LogP contribution is -2.18. The highest BCUT2D eigenvalue weighted by atomic mass is 32.2. The van der Waals surface area contributed by atoms with Gasteiger partial charge in [0.15, 0.2) is 34.7 Å². The van der Waals surface area contributed by atoms with Gasteiger partial charge in [0.05, 0.1) is 15.5 Å². The Balaban J connectivity index is 0.000000250. The van der Waals surface area contributed by atoms with Crippen LogP contribution in [0.15, 0.2) is 93.3 Å². The number of nitrogens with one attached hydrogen (secondary N) is 3. The highest BCUT2D eigenvalue weighted by Crippen LogP contribution is 2.35. The number of aromatic amines is 1. The lowest BCUT2D eigenvalue weighted by molar-refractivity contribution is -0.112. The van der Waals surface area contributed by atoms with Crippen molar-refractivity contribution in [3.05, 3.63) is 89.0 Å². The second-order valence-corrected chi connectivity index (χ2v) is 11.8. The molecule has 0 radical (unpaired) electrons. The maximum atomic E-state index is 12.6. The van der Waals surface area contributed by atoms with E-state index in [0.29, 0.717) is 28.2 Å². The summed E-state index contributed by atoms with van der Waals surface area (Å²) in [5.41, 5.74) is 2.53. The number of thiocarbonyl (C=S) groups is 1. The zero-order valence-electron chi connectivity index (χ0n) is 19.0. The second kappa shape index (κ2) is 11.5. The van der Waals surface area contributed by atoms with Crippen LogP contribution in [0.4, 0.5) is 5.69 Å². The number of anilines is 1. The summed E-state index contributed by atoms with van der Waals surface area (Å²) in [7, 11) is -8.51. The van der Waals surface area contributed by atoms with Gasteiger partial charge in [-0.3, -0.25) is 18.7 Å². The SMILES string of the molecule is O=C1C2=C(C=CC(=S)C2)N/C1=C1/Nc2ccc(S(=O)(=O)O)cc2C1=O.O=S(=O)(O)c1ccc2[nH]ccc2c1.[AlH3].[AlH3]. The van der Waals surface area contributed by atoms with Crippen molar-refractivity contribution >= 4 is 100 Å². The Morgan fingerprint density at radius 3 is 2.08 bits per heavy atom. The van der Waals surface area contributed by atoms with Crippen LogP contribution < -0.4 is 10.6 Å². The lowest BCUT2D eigenvalue weighted by atomic mass is 9.99. The number of rotatable bonds is 2. The van der Waals surface area contributed by atoms with Crippen LogP contribution in [0.3, 0.4) is 0 Å². The summed E-state index contributed by atoms with van der Waals surface area (Å²) < 4.78 is 61.9. The molecule has 11 nitrogen and oxygen atoms in total. The number of hydrogen-bond donors (Lipinski definition) is 5. The van der Waals surface area contributed by atoms with Crippen LogP contribution in [0.5, 0.6) is 0 Å². The van der Waals surface area contributed by atoms with E-state index >= 15 is 0 Å². The molecule has 2 aromatic carbocycles. The van der Waals surface area contributed by atoms with Gasteiger partial charge in [-0.25, -0.2) is 0 Å². The van der Waals surface area contributed by atoms with Gasteiger partial charge in [-0.1, -0.05) is 12.2 Å². The number of carbonyl (C=O) groups excluding carboxylic acids is 2. The van der Waals surface area contributed by atoms with Crippen LogP contribution >= 0.6 is 12.2 Å². The first-order valence-electron chi connectivity index (χ1n) is 10.8. The molecule has 1 aromatic heterocycles. The third kappa shape index (κ3) is 6.06. The van der Waals surface area contributed by atoms with Gasteiger partial charge >= 0.3 is 0 Å². The molecular formula is C24H23Al2N3O8S3. The summed E-state index contributed by atoms with van der Waals surface area (Å²) in [6.45, 7) is 0. The van der Waals surface area contributed by atoms with Crippen molar-refractivity contribution < 1.29 is 35.5 Å². The monoisotopic (exact) mass is 631 g/mol. The van der Waals surface area contributed by atoms with Crippen molar-refractivity contribution in [2.75, 3.05) is 5.32 Å². The molecule has 40 heavy (non-hydrogen) atoms. The number of benzene rings is 2. The maximum absolute atomic E-state index is 12.6. The normalized spacial score (nSPS) is 17.7. The Morgan fingerprint density at radius 2 is 1.40 bits per heavy atom. The first kappa shape index (κ1) is 31.6. The molecule has 3 aliphatic rings. The molecule has 206 valence electrons. The molecule has 3 heterocycles. The molecule has 0 amide bonds. The van der Waals surface area contributed by atoms with Crippen LogP contribution in [0, 0.1) is 0 Å². The lowest BCUT2D eigenvalue weighted by Gasteiger charge is -2.06. The summed E-state index contributed by atoms with van der Waals surface area (Å²) in [4.78, 5) is 28.3. The van der Waals surface area contributed by atoms with Gasteiger partial charge in [0.1, 0.15) is 11.4 Å². The third-order valence-corrected chi connectivity index (χ3v) is 7.95. The summed E-state index contributed by atoms with van der Waals surface area (Å²) in [5, 5.41) is 6.53. The number of H-pyrrole nitrogens is 1. The number of aromatic nitrogens is 1. The molecule has 0 unspecified atom stereocenters. The molecule has 1 aliphatic carbocycles. The number of ketones is 2. The van der Waals surface area contributed by atoms with E-state index in [9.17, 15) is 26.4 Å². The first-order chi connectivity index (χ1) is 17.8. The van der Waals surface area contributed by atoms with Crippen LogP contribution in [-0.2, 0) is 25.0 Å². The molecule has 0 spiro atoms. The molecule has 2 aliphatic heterocycles. The van der Waals surface area contributed by atoms with Gasteiger partial charge in [0, 0.05) is 45.2 Å². The van der Waals surface area contributed by atoms with Gasteiger partial charge < -0.3 is 15.6 Å². The van der Waals surface area contributed by atoms with Crippen LogP contribution in [0.2, 0.25) is 0 Å². The minimum absolute atomic E-state index is 0. The van der Waals surface area contributed by atoms with Crippen molar-refractivity contribution in [3.63, 3.8) is 0 Å². The van der Waals surface area contributed by atoms with E-state index in [4.69, 9.17) is 21.3 Å². The smallest absolute Gasteiger partial charge is 0.294 e. The van der Waals surface area contributed by atoms with Gasteiger partial charge in [0.25, 0.3) is 20.2 Å². The van der Waals surface area contributed by atoms with E-state index in [1.54, 1.807) is 30.5 Å². The number of carbonyl (C=O) groups is 2. The van der Waals surface area contributed by atoms with E-state index in [-0.39, 0.29) is 67.3 Å². The molecule has 6 rings (SSSR count). The van der Waals surface area contributed by atoms with E-state index in [2.05, 4.69) is 15.6 Å². The van der Waals surface area contributed by atoms with Gasteiger partial charge in [-0.05, 0) is 54.6 Å². The quantitative estimate of drug-likeness (QED) is 0.115. The van der Waals surface area contributed by atoms with Crippen molar-refractivity contribution in [1.82, 2.24) is 10.3 Å². The fraction of sp³-hybridized carbons (Fsp3) is 0.0417. The first-order valence-corrected chi connectivity index (χ1v) is 14.1. The molecule has 16 heteroatoms. The molecule has 3 aromatic rings. The molecule has 0 atom stereocenters. The molecule has 5 N–H and O–H groups in total. The predicted octanol–water partition coefficient (Wildman–Crippen LogP) is 0.556. The van der Waals surface area contributed by atoms with Crippen LogP contribution in [-0.4, -0.2) is 82.1 Å². The summed E-state index contributed by atoms with van der Waals surface area (Å²) in [5.74, 6) is -0.844. The van der Waals surface area contributed by atoms with Crippen molar-refractivity contribution in [2.24, 2.45) is 0 Å².